The molecule has 6 nitrogen and oxygen atoms in total. The predicted molar refractivity (Wildman–Crippen MR) is 74.2 cm³/mol. The molecule has 1 fully saturated rings. The van der Waals surface area contributed by atoms with Crippen molar-refractivity contribution in [2.45, 2.75) is 25.4 Å². The number of carboxylic acid groups (broad SMARTS) is 1. The molecule has 0 aromatic carbocycles. The van der Waals surface area contributed by atoms with Gasteiger partial charge in [-0.2, -0.15) is 0 Å². The van der Waals surface area contributed by atoms with E-state index < -0.39 is 11.6 Å². The number of aryl methyl sites for hydroxylation is 1. The maximum Gasteiger partial charge on any atom is 0.339 e. The van der Waals surface area contributed by atoms with Crippen LogP contribution in [0.2, 0.25) is 0 Å². The Morgan fingerprint density at radius 1 is 1.50 bits per heavy atom. The van der Waals surface area contributed by atoms with Gasteiger partial charge in [0.05, 0.1) is 11.3 Å². The van der Waals surface area contributed by atoms with Crippen molar-refractivity contribution in [3.63, 3.8) is 0 Å². The number of ether oxygens (including phenoxy) is 1. The fraction of sp³-hybridized carbons (Fsp3) is 0.571. The quantitative estimate of drug-likeness (QED) is 0.858. The maximum atomic E-state index is 11.3. The van der Waals surface area contributed by atoms with Crippen molar-refractivity contribution < 1.29 is 19.7 Å². The van der Waals surface area contributed by atoms with E-state index >= 15 is 0 Å². The second-order valence-corrected chi connectivity index (χ2v) is 5.34. The van der Waals surface area contributed by atoms with Crippen LogP contribution in [0.15, 0.2) is 12.3 Å². The molecule has 1 aromatic heterocycles. The molecule has 0 spiro atoms. The van der Waals surface area contributed by atoms with Crippen LogP contribution in [-0.4, -0.2) is 53.6 Å². The Bertz CT molecular complexity index is 498. The molecule has 0 aliphatic carbocycles. The number of carboxylic acids is 1. The molecule has 0 bridgehead atoms. The Balaban J connectivity index is 2.21. The molecule has 1 aliphatic rings. The predicted octanol–water partition coefficient (Wildman–Crippen LogP) is 1.07. The van der Waals surface area contributed by atoms with Gasteiger partial charge in [0.15, 0.2) is 0 Å². The largest absolute Gasteiger partial charge is 0.478 e. The van der Waals surface area contributed by atoms with Crippen LogP contribution in [0.5, 0.6) is 0 Å². The van der Waals surface area contributed by atoms with Gasteiger partial charge in [-0.3, -0.25) is 4.98 Å². The summed E-state index contributed by atoms with van der Waals surface area (Å²) in [6.07, 6.45) is 2.48. The molecule has 110 valence electrons. The molecule has 0 amide bonds. The molecular weight excluding hydrogens is 260 g/mol. The first-order valence-electron chi connectivity index (χ1n) is 6.62. The highest BCUT2D eigenvalue weighted by atomic mass is 16.5. The third kappa shape index (κ3) is 3.26. The molecule has 6 heteroatoms. The van der Waals surface area contributed by atoms with E-state index in [9.17, 15) is 15.0 Å². The maximum absolute atomic E-state index is 11.3. The third-order valence-corrected chi connectivity index (χ3v) is 3.62. The van der Waals surface area contributed by atoms with Crippen LogP contribution in [0.1, 0.15) is 28.9 Å². The summed E-state index contributed by atoms with van der Waals surface area (Å²) in [7, 11) is 1.79. The van der Waals surface area contributed by atoms with E-state index in [1.807, 2.05) is 6.92 Å². The minimum Gasteiger partial charge on any atom is -0.478 e. The van der Waals surface area contributed by atoms with Crippen LogP contribution in [0.3, 0.4) is 0 Å². The molecule has 0 radical (unpaired) electrons. The standard InChI is InChI=1S/C14H20N2O4/c1-10-7-12(11(8-15-10)13(17)18)16(2)9-14(19)3-5-20-6-4-14/h7-8,19H,3-6,9H2,1-2H3,(H,17,18). The molecule has 2 rings (SSSR count). The van der Waals surface area contributed by atoms with Crippen molar-refractivity contribution >= 4 is 11.7 Å². The van der Waals surface area contributed by atoms with E-state index in [2.05, 4.69) is 4.98 Å². The van der Waals surface area contributed by atoms with Crippen molar-refractivity contribution in [2.24, 2.45) is 0 Å². The van der Waals surface area contributed by atoms with E-state index in [0.717, 1.165) is 5.69 Å². The average Bonchev–Trinajstić information content (AvgIpc) is 2.38. The Morgan fingerprint density at radius 2 is 2.15 bits per heavy atom. The highest BCUT2D eigenvalue weighted by Gasteiger charge is 2.32. The van der Waals surface area contributed by atoms with Gasteiger partial charge in [0.1, 0.15) is 5.56 Å². The number of hydrogen-bond donors (Lipinski definition) is 2. The van der Waals surface area contributed by atoms with Gasteiger partial charge in [-0.15, -0.1) is 0 Å². The van der Waals surface area contributed by atoms with Crippen LogP contribution >= 0.6 is 0 Å². The van der Waals surface area contributed by atoms with Gasteiger partial charge in [-0.25, -0.2) is 4.79 Å². The lowest BCUT2D eigenvalue weighted by atomic mass is 9.93. The minimum atomic E-state index is -1.02. The summed E-state index contributed by atoms with van der Waals surface area (Å²) in [5.41, 5.74) is 0.634. The van der Waals surface area contributed by atoms with Crippen molar-refractivity contribution in [3.8, 4) is 0 Å². The summed E-state index contributed by atoms with van der Waals surface area (Å²) in [5, 5.41) is 19.7. The first-order valence-corrected chi connectivity index (χ1v) is 6.62. The van der Waals surface area contributed by atoms with Gasteiger partial charge >= 0.3 is 5.97 Å². The van der Waals surface area contributed by atoms with Crippen LogP contribution in [-0.2, 0) is 4.74 Å². The minimum absolute atomic E-state index is 0.147. The molecule has 1 saturated heterocycles. The van der Waals surface area contributed by atoms with Crippen LogP contribution in [0, 0.1) is 6.92 Å². The Labute approximate surface area is 118 Å². The zero-order valence-corrected chi connectivity index (χ0v) is 11.8. The number of carbonyl (C=O) groups is 1. The first kappa shape index (κ1) is 14.7. The number of aromatic nitrogens is 1. The Kier molecular flexibility index (Phi) is 4.25. The zero-order chi connectivity index (χ0) is 14.8. The van der Waals surface area contributed by atoms with Gasteiger partial charge in [0.25, 0.3) is 0 Å². The third-order valence-electron chi connectivity index (χ3n) is 3.62. The van der Waals surface area contributed by atoms with Crippen LogP contribution in [0.25, 0.3) is 0 Å². The van der Waals surface area contributed by atoms with Crippen molar-refractivity contribution in [1.29, 1.82) is 0 Å². The topological polar surface area (TPSA) is 82.9 Å². The smallest absolute Gasteiger partial charge is 0.339 e. The number of aliphatic hydroxyl groups is 1. The molecule has 0 atom stereocenters. The second kappa shape index (κ2) is 5.76. The summed E-state index contributed by atoms with van der Waals surface area (Å²) in [4.78, 5) is 17.1. The van der Waals surface area contributed by atoms with Gasteiger partial charge in [-0.1, -0.05) is 0 Å². The van der Waals surface area contributed by atoms with Crippen LogP contribution in [0.4, 0.5) is 5.69 Å². The van der Waals surface area contributed by atoms with E-state index in [0.29, 0.717) is 38.3 Å². The number of rotatable bonds is 4. The fourth-order valence-corrected chi connectivity index (χ4v) is 2.46. The highest BCUT2D eigenvalue weighted by Crippen LogP contribution is 2.26. The Morgan fingerprint density at radius 3 is 2.75 bits per heavy atom. The van der Waals surface area contributed by atoms with Crippen molar-refractivity contribution in [3.05, 3.63) is 23.5 Å². The first-order chi connectivity index (χ1) is 9.41. The SMILES string of the molecule is Cc1cc(N(C)CC2(O)CCOCC2)c(C(=O)O)cn1. The number of anilines is 1. The van der Waals surface area contributed by atoms with E-state index in [-0.39, 0.29) is 5.56 Å². The summed E-state index contributed by atoms with van der Waals surface area (Å²) >= 11 is 0. The van der Waals surface area contributed by atoms with E-state index in [1.165, 1.54) is 6.20 Å². The molecule has 0 saturated carbocycles. The van der Waals surface area contributed by atoms with Crippen molar-refractivity contribution in [1.82, 2.24) is 4.98 Å². The number of pyridine rings is 1. The molecule has 0 unspecified atom stereocenters. The van der Waals surface area contributed by atoms with Gasteiger partial charge < -0.3 is 19.8 Å². The summed E-state index contributed by atoms with van der Waals surface area (Å²) < 4.78 is 5.25. The lowest BCUT2D eigenvalue weighted by molar-refractivity contribution is -0.0572. The van der Waals surface area contributed by atoms with E-state index in [4.69, 9.17) is 4.74 Å². The molecule has 2 heterocycles. The van der Waals surface area contributed by atoms with Gasteiger partial charge in [-0.05, 0) is 13.0 Å². The van der Waals surface area contributed by atoms with Crippen molar-refractivity contribution in [2.75, 3.05) is 31.7 Å². The highest BCUT2D eigenvalue weighted by molar-refractivity contribution is 5.94. The second-order valence-electron chi connectivity index (χ2n) is 5.34. The Hall–Kier alpha value is -1.66. The molecule has 20 heavy (non-hydrogen) atoms. The fourth-order valence-electron chi connectivity index (χ4n) is 2.46. The van der Waals surface area contributed by atoms with Crippen LogP contribution < -0.4 is 4.90 Å². The number of nitrogens with zero attached hydrogens (tertiary/aromatic N) is 2. The number of hydrogen-bond acceptors (Lipinski definition) is 5. The summed E-state index contributed by atoms with van der Waals surface area (Å²) in [6, 6.07) is 1.73. The number of likely N-dealkylation sites (N-methyl/N-ethyl adjacent to an activating group) is 1. The monoisotopic (exact) mass is 280 g/mol. The van der Waals surface area contributed by atoms with Gasteiger partial charge in [0, 0.05) is 51.5 Å². The zero-order valence-electron chi connectivity index (χ0n) is 11.8. The number of aromatic carboxylic acids is 1. The molecule has 1 aromatic rings. The summed E-state index contributed by atoms with van der Waals surface area (Å²) in [6.45, 7) is 3.25. The average molecular weight is 280 g/mol. The molecular formula is C14H20N2O4. The van der Waals surface area contributed by atoms with Gasteiger partial charge in [0.2, 0.25) is 0 Å². The molecule has 1 aliphatic heterocycles. The summed E-state index contributed by atoms with van der Waals surface area (Å²) in [5.74, 6) is -1.02. The normalized spacial score (nSPS) is 17.8. The molecule has 2 N–H and O–H groups in total. The lowest BCUT2D eigenvalue weighted by Gasteiger charge is -2.36. The lowest BCUT2D eigenvalue weighted by Crippen LogP contribution is -2.46. The van der Waals surface area contributed by atoms with E-state index in [1.54, 1.807) is 18.0 Å².